The number of fused-ring (bicyclic) bond motifs is 1. The van der Waals surface area contributed by atoms with E-state index in [9.17, 15) is 0 Å². The van der Waals surface area contributed by atoms with Crippen molar-refractivity contribution in [1.82, 2.24) is 10.6 Å². The van der Waals surface area contributed by atoms with Gasteiger partial charge in [0.1, 0.15) is 0 Å². The third-order valence-corrected chi connectivity index (χ3v) is 4.12. The van der Waals surface area contributed by atoms with E-state index in [0.717, 1.165) is 55.6 Å². The molecule has 6 nitrogen and oxygen atoms in total. The number of halogens is 1. The van der Waals surface area contributed by atoms with E-state index in [1.165, 1.54) is 5.56 Å². The number of para-hydroxylation sites is 1. The summed E-state index contributed by atoms with van der Waals surface area (Å²) in [5.74, 6) is 2.48. The highest BCUT2D eigenvalue weighted by Crippen LogP contribution is 2.32. The van der Waals surface area contributed by atoms with Crippen LogP contribution in [0.5, 0.6) is 11.5 Å². The second-order valence-electron chi connectivity index (χ2n) is 6.01. The van der Waals surface area contributed by atoms with Crippen LogP contribution in [0, 0.1) is 0 Å². The predicted octanol–water partition coefficient (Wildman–Crippen LogP) is 3.24. The molecule has 27 heavy (non-hydrogen) atoms. The van der Waals surface area contributed by atoms with Crippen LogP contribution in [-0.4, -0.2) is 39.4 Å². The molecular weight excluding hydrogens is 455 g/mol. The first-order chi connectivity index (χ1) is 12.8. The summed E-state index contributed by atoms with van der Waals surface area (Å²) in [6.07, 6.45) is 1.91. The van der Waals surface area contributed by atoms with Crippen molar-refractivity contribution in [2.75, 3.05) is 38.8 Å². The fourth-order valence-electron chi connectivity index (χ4n) is 2.73. The van der Waals surface area contributed by atoms with E-state index in [1.807, 2.05) is 30.3 Å². The Labute approximate surface area is 177 Å². The van der Waals surface area contributed by atoms with Crippen LogP contribution in [0.1, 0.15) is 12.0 Å². The molecule has 0 atom stereocenters. The molecule has 0 aromatic heterocycles. The Morgan fingerprint density at radius 2 is 1.74 bits per heavy atom. The van der Waals surface area contributed by atoms with E-state index >= 15 is 0 Å². The molecule has 1 aliphatic rings. The molecule has 0 amide bonds. The number of nitrogens with one attached hydrogen (secondary N) is 3. The Morgan fingerprint density at radius 3 is 2.56 bits per heavy atom. The minimum atomic E-state index is 0. The van der Waals surface area contributed by atoms with E-state index < -0.39 is 0 Å². The van der Waals surface area contributed by atoms with Gasteiger partial charge in [0.05, 0.1) is 0 Å². The van der Waals surface area contributed by atoms with Crippen molar-refractivity contribution < 1.29 is 9.47 Å². The Morgan fingerprint density at radius 1 is 0.963 bits per heavy atom. The standard InChI is InChI=1S/C20H26N4O2.HI/c1-21-20(23-12-5-11-22-17-6-3-2-4-7-17)24-13-10-16-8-9-18-19(14-16)26-15-25-18;/h2-4,6-9,14,22H,5,10-13,15H2,1H3,(H2,21,23,24);1H. The average molecular weight is 482 g/mol. The molecule has 0 spiro atoms. The van der Waals surface area contributed by atoms with Crippen molar-refractivity contribution in [2.45, 2.75) is 12.8 Å². The summed E-state index contributed by atoms with van der Waals surface area (Å²) in [6.45, 7) is 2.91. The monoisotopic (exact) mass is 482 g/mol. The van der Waals surface area contributed by atoms with Crippen LogP contribution in [0.15, 0.2) is 53.5 Å². The third kappa shape index (κ3) is 6.82. The minimum absolute atomic E-state index is 0. The summed E-state index contributed by atoms with van der Waals surface area (Å²) < 4.78 is 10.7. The second kappa shape index (κ2) is 11.5. The molecular formula is C20H27IN4O2. The van der Waals surface area contributed by atoms with Crippen LogP contribution in [0.3, 0.4) is 0 Å². The maximum absolute atomic E-state index is 5.41. The van der Waals surface area contributed by atoms with Crippen molar-refractivity contribution in [3.63, 3.8) is 0 Å². The Kier molecular flexibility index (Phi) is 9.03. The normalized spacial score (nSPS) is 12.3. The van der Waals surface area contributed by atoms with Crippen LogP contribution < -0.4 is 25.4 Å². The molecule has 0 aliphatic carbocycles. The van der Waals surface area contributed by atoms with Gasteiger partial charge in [-0.25, -0.2) is 0 Å². The van der Waals surface area contributed by atoms with E-state index in [1.54, 1.807) is 7.05 Å². The first-order valence-electron chi connectivity index (χ1n) is 8.97. The fourth-order valence-corrected chi connectivity index (χ4v) is 2.73. The number of nitrogens with zero attached hydrogens (tertiary/aromatic N) is 1. The highest BCUT2D eigenvalue weighted by atomic mass is 127. The zero-order valence-electron chi connectivity index (χ0n) is 15.5. The summed E-state index contributed by atoms with van der Waals surface area (Å²) in [6, 6.07) is 16.3. The molecule has 0 saturated heterocycles. The summed E-state index contributed by atoms with van der Waals surface area (Å²) >= 11 is 0. The molecule has 3 N–H and O–H groups in total. The van der Waals surface area contributed by atoms with Crippen molar-refractivity contribution in [3.05, 3.63) is 54.1 Å². The largest absolute Gasteiger partial charge is 0.454 e. The van der Waals surface area contributed by atoms with Crippen molar-refractivity contribution >= 4 is 35.6 Å². The first-order valence-corrected chi connectivity index (χ1v) is 8.97. The number of aliphatic imine (C=N–C) groups is 1. The summed E-state index contributed by atoms with van der Waals surface area (Å²) in [5, 5.41) is 10.1. The average Bonchev–Trinajstić information content (AvgIpc) is 3.15. The van der Waals surface area contributed by atoms with Gasteiger partial charge in [-0.15, -0.1) is 24.0 Å². The number of hydrogen-bond donors (Lipinski definition) is 3. The third-order valence-electron chi connectivity index (χ3n) is 4.12. The summed E-state index contributed by atoms with van der Waals surface area (Å²) in [5.41, 5.74) is 2.36. The lowest BCUT2D eigenvalue weighted by molar-refractivity contribution is 0.174. The quantitative estimate of drug-likeness (QED) is 0.233. The van der Waals surface area contributed by atoms with Gasteiger partial charge >= 0.3 is 0 Å². The molecule has 0 saturated carbocycles. The highest BCUT2D eigenvalue weighted by molar-refractivity contribution is 14.0. The molecule has 2 aromatic carbocycles. The lowest BCUT2D eigenvalue weighted by Crippen LogP contribution is -2.39. The lowest BCUT2D eigenvalue weighted by atomic mass is 10.1. The zero-order chi connectivity index (χ0) is 18.0. The number of hydrogen-bond acceptors (Lipinski definition) is 4. The van der Waals surface area contributed by atoms with Crippen molar-refractivity contribution in [1.29, 1.82) is 0 Å². The molecule has 0 unspecified atom stereocenters. The molecule has 1 heterocycles. The number of anilines is 1. The van der Waals surface area contributed by atoms with Gasteiger partial charge in [0.2, 0.25) is 6.79 Å². The first kappa shape index (κ1) is 21.1. The molecule has 0 fully saturated rings. The molecule has 0 bridgehead atoms. The number of benzene rings is 2. The summed E-state index contributed by atoms with van der Waals surface area (Å²) in [7, 11) is 1.79. The van der Waals surface area contributed by atoms with Gasteiger partial charge in [0.15, 0.2) is 17.5 Å². The number of guanidine groups is 1. The van der Waals surface area contributed by atoms with Gasteiger partial charge in [-0.1, -0.05) is 24.3 Å². The molecule has 3 rings (SSSR count). The Bertz CT molecular complexity index is 725. The van der Waals surface area contributed by atoms with E-state index in [0.29, 0.717) is 6.79 Å². The SMILES string of the molecule is CN=C(NCCCNc1ccccc1)NCCc1ccc2c(c1)OCO2.I. The van der Waals surface area contributed by atoms with E-state index in [4.69, 9.17) is 9.47 Å². The van der Waals surface area contributed by atoms with E-state index in [2.05, 4.69) is 39.1 Å². The number of rotatable bonds is 8. The Balaban J connectivity index is 0.00000261. The zero-order valence-corrected chi connectivity index (χ0v) is 17.9. The number of ether oxygens (including phenoxy) is 2. The molecule has 0 radical (unpaired) electrons. The van der Waals surface area contributed by atoms with Gasteiger partial charge in [-0.3, -0.25) is 4.99 Å². The highest BCUT2D eigenvalue weighted by Gasteiger charge is 2.12. The molecule has 1 aliphatic heterocycles. The predicted molar refractivity (Wildman–Crippen MR) is 121 cm³/mol. The van der Waals surface area contributed by atoms with Crippen LogP contribution in [0.2, 0.25) is 0 Å². The van der Waals surface area contributed by atoms with E-state index in [-0.39, 0.29) is 24.0 Å². The lowest BCUT2D eigenvalue weighted by Gasteiger charge is -2.12. The molecule has 7 heteroatoms. The second-order valence-corrected chi connectivity index (χ2v) is 6.01. The van der Waals surface area contributed by atoms with Crippen LogP contribution in [-0.2, 0) is 6.42 Å². The minimum Gasteiger partial charge on any atom is -0.454 e. The molecule has 2 aromatic rings. The maximum atomic E-state index is 5.41. The maximum Gasteiger partial charge on any atom is 0.231 e. The van der Waals surface area contributed by atoms with Gasteiger partial charge in [-0.05, 0) is 42.7 Å². The Hall–Kier alpha value is -2.16. The smallest absolute Gasteiger partial charge is 0.231 e. The topological polar surface area (TPSA) is 66.9 Å². The van der Waals surface area contributed by atoms with Crippen molar-refractivity contribution in [2.24, 2.45) is 4.99 Å². The van der Waals surface area contributed by atoms with Crippen LogP contribution >= 0.6 is 24.0 Å². The summed E-state index contributed by atoms with van der Waals surface area (Å²) in [4.78, 5) is 4.26. The van der Waals surface area contributed by atoms with Gasteiger partial charge < -0.3 is 25.4 Å². The van der Waals surface area contributed by atoms with Gasteiger partial charge in [-0.2, -0.15) is 0 Å². The fraction of sp³-hybridized carbons (Fsp3) is 0.350. The van der Waals surface area contributed by atoms with Crippen molar-refractivity contribution in [3.8, 4) is 11.5 Å². The van der Waals surface area contributed by atoms with Crippen LogP contribution in [0.4, 0.5) is 5.69 Å². The van der Waals surface area contributed by atoms with Gasteiger partial charge in [0, 0.05) is 32.4 Å². The molecule has 146 valence electrons. The van der Waals surface area contributed by atoms with Gasteiger partial charge in [0.25, 0.3) is 0 Å². The van der Waals surface area contributed by atoms with Crippen LogP contribution in [0.25, 0.3) is 0 Å².